The second-order valence-corrected chi connectivity index (χ2v) is 5.57. The molecule has 0 N–H and O–H groups in total. The number of hydrogen-bond acceptors (Lipinski definition) is 4. The van der Waals surface area contributed by atoms with E-state index in [9.17, 15) is 10.0 Å². The average molecular weight is 326 g/mol. The predicted octanol–water partition coefficient (Wildman–Crippen LogP) is 2.01. The van der Waals surface area contributed by atoms with Crippen molar-refractivity contribution in [2.24, 2.45) is 0 Å². The molecule has 1 aromatic carbocycles. The van der Waals surface area contributed by atoms with Crippen LogP contribution in [0.5, 0.6) is 11.5 Å². The van der Waals surface area contributed by atoms with Crippen molar-refractivity contribution < 1.29 is 14.2 Å². The maximum absolute atomic E-state index is 12.7. The third kappa shape index (κ3) is 2.78. The maximum Gasteiger partial charge on any atom is 0.324 e. The maximum atomic E-state index is 12.7. The lowest BCUT2D eigenvalue weighted by Gasteiger charge is -2.12. The molecule has 0 atom stereocenters. The third-order valence-electron chi connectivity index (χ3n) is 3.93. The topological polar surface area (TPSA) is 67.4 Å². The lowest BCUT2D eigenvalue weighted by molar-refractivity contribution is -0.578. The van der Waals surface area contributed by atoms with Gasteiger partial charge in [-0.2, -0.15) is 4.73 Å². The molecule has 0 aliphatic carbocycles. The Morgan fingerprint density at radius 2 is 1.96 bits per heavy atom. The molecular weight excluding hydrogens is 308 g/mol. The normalized spacial score (nSPS) is 10.8. The fourth-order valence-electron chi connectivity index (χ4n) is 2.74. The minimum atomic E-state index is -0.333. The van der Waals surface area contributed by atoms with Gasteiger partial charge in [-0.25, -0.2) is 0 Å². The van der Waals surface area contributed by atoms with Gasteiger partial charge in [0, 0.05) is 23.4 Å². The van der Waals surface area contributed by atoms with Gasteiger partial charge in [0.1, 0.15) is 11.5 Å². The van der Waals surface area contributed by atoms with E-state index in [1.165, 1.54) is 10.8 Å². The van der Waals surface area contributed by atoms with Crippen molar-refractivity contribution in [3.8, 4) is 11.5 Å². The van der Waals surface area contributed by atoms with Crippen LogP contribution in [0.1, 0.15) is 11.1 Å². The van der Waals surface area contributed by atoms with E-state index in [0.717, 1.165) is 11.1 Å². The Morgan fingerprint density at radius 1 is 1.17 bits per heavy atom. The Bertz CT molecular complexity index is 963. The number of aryl methyl sites for hydroxylation is 1. The number of pyridine rings is 2. The van der Waals surface area contributed by atoms with Crippen LogP contribution in [0, 0.1) is 12.1 Å². The van der Waals surface area contributed by atoms with Gasteiger partial charge in [0.2, 0.25) is 0 Å². The number of rotatable bonds is 4. The van der Waals surface area contributed by atoms with Crippen LogP contribution in [0.15, 0.2) is 47.5 Å². The largest absolute Gasteiger partial charge is 0.618 e. The van der Waals surface area contributed by atoms with Crippen molar-refractivity contribution in [2.45, 2.75) is 13.5 Å². The van der Waals surface area contributed by atoms with Crippen molar-refractivity contribution in [2.75, 3.05) is 14.2 Å². The number of hydrogen-bond donors (Lipinski definition) is 0. The number of benzene rings is 1. The van der Waals surface area contributed by atoms with Crippen LogP contribution >= 0.6 is 0 Å². The first kappa shape index (κ1) is 15.9. The molecule has 6 nitrogen and oxygen atoms in total. The quantitative estimate of drug-likeness (QED) is 0.543. The van der Waals surface area contributed by atoms with Gasteiger partial charge in [0.15, 0.2) is 6.20 Å². The molecule has 0 unspecified atom stereocenters. The van der Waals surface area contributed by atoms with E-state index >= 15 is 0 Å². The summed E-state index contributed by atoms with van der Waals surface area (Å²) in [6, 6.07) is 9.01. The van der Waals surface area contributed by atoms with Gasteiger partial charge in [-0.15, -0.1) is 0 Å². The standard InChI is InChI=1S/C18H18N2O4/c1-12-8-13-6-7-19(18(21)17(13)20(22)10-12)11-14-4-5-15(23-2)9-16(14)24-3/h4-10H,11H2,1-3H3. The van der Waals surface area contributed by atoms with Crippen molar-refractivity contribution in [3.63, 3.8) is 0 Å². The van der Waals surface area contributed by atoms with Crippen molar-refractivity contribution in [1.29, 1.82) is 0 Å². The number of methoxy groups -OCH3 is 2. The zero-order valence-corrected chi connectivity index (χ0v) is 13.8. The van der Waals surface area contributed by atoms with E-state index in [0.29, 0.717) is 28.2 Å². The van der Waals surface area contributed by atoms with Crippen LogP contribution < -0.4 is 19.8 Å². The number of nitrogens with zero attached hydrogens (tertiary/aromatic N) is 2. The molecule has 0 bridgehead atoms. The molecule has 0 spiro atoms. The summed E-state index contributed by atoms with van der Waals surface area (Å²) in [5, 5.41) is 12.7. The molecule has 0 saturated carbocycles. The lowest BCUT2D eigenvalue weighted by Crippen LogP contribution is -2.35. The first-order chi connectivity index (χ1) is 11.5. The fourth-order valence-corrected chi connectivity index (χ4v) is 2.74. The highest BCUT2D eigenvalue weighted by Crippen LogP contribution is 2.25. The van der Waals surface area contributed by atoms with Crippen molar-refractivity contribution in [1.82, 2.24) is 4.57 Å². The van der Waals surface area contributed by atoms with E-state index in [1.807, 2.05) is 19.1 Å². The van der Waals surface area contributed by atoms with E-state index in [1.54, 1.807) is 38.6 Å². The fraction of sp³-hybridized carbons (Fsp3) is 0.222. The first-order valence-corrected chi connectivity index (χ1v) is 7.47. The van der Waals surface area contributed by atoms with Crippen LogP contribution in [0.3, 0.4) is 0 Å². The highest BCUT2D eigenvalue weighted by atomic mass is 16.5. The highest BCUT2D eigenvalue weighted by molar-refractivity contribution is 5.74. The predicted molar refractivity (Wildman–Crippen MR) is 90.6 cm³/mol. The first-order valence-electron chi connectivity index (χ1n) is 7.47. The summed E-state index contributed by atoms with van der Waals surface area (Å²) in [6.07, 6.45) is 3.09. The van der Waals surface area contributed by atoms with Crippen LogP contribution in [-0.4, -0.2) is 18.8 Å². The molecule has 0 radical (unpaired) electrons. The molecule has 124 valence electrons. The van der Waals surface area contributed by atoms with Gasteiger partial charge in [0.25, 0.3) is 5.52 Å². The number of ether oxygens (including phenoxy) is 2. The second-order valence-electron chi connectivity index (χ2n) is 5.57. The van der Waals surface area contributed by atoms with Crippen LogP contribution in [0.25, 0.3) is 10.9 Å². The molecule has 3 aromatic rings. The molecule has 0 aliphatic heterocycles. The summed E-state index contributed by atoms with van der Waals surface area (Å²) < 4.78 is 12.7. The SMILES string of the molecule is COc1ccc(Cn2ccc3cc(C)c[n+]([O-])c3c2=O)c(OC)c1. The monoisotopic (exact) mass is 326 g/mol. The van der Waals surface area contributed by atoms with Crippen molar-refractivity contribution in [3.05, 3.63) is 69.4 Å². The van der Waals surface area contributed by atoms with E-state index < -0.39 is 0 Å². The summed E-state index contributed by atoms with van der Waals surface area (Å²) in [7, 11) is 3.15. The van der Waals surface area contributed by atoms with Gasteiger partial charge in [-0.3, -0.25) is 4.79 Å². The second kappa shape index (κ2) is 6.23. The molecule has 0 saturated heterocycles. The summed E-state index contributed by atoms with van der Waals surface area (Å²) in [5.74, 6) is 1.30. The van der Waals surface area contributed by atoms with Crippen LogP contribution in [0.2, 0.25) is 0 Å². The molecule has 2 heterocycles. The van der Waals surface area contributed by atoms with Crippen molar-refractivity contribution >= 4 is 10.9 Å². The molecule has 0 fully saturated rings. The Kier molecular flexibility index (Phi) is 4.12. The minimum Gasteiger partial charge on any atom is -0.618 e. The van der Waals surface area contributed by atoms with Gasteiger partial charge in [-0.1, -0.05) is 0 Å². The van der Waals surface area contributed by atoms with Gasteiger partial charge in [-0.05, 0) is 31.2 Å². The smallest absolute Gasteiger partial charge is 0.324 e. The van der Waals surface area contributed by atoms with Gasteiger partial charge < -0.3 is 19.2 Å². The summed E-state index contributed by atoms with van der Waals surface area (Å²) in [4.78, 5) is 12.7. The molecular formula is C18H18N2O4. The zero-order valence-electron chi connectivity index (χ0n) is 13.8. The molecule has 2 aromatic heterocycles. The summed E-state index contributed by atoms with van der Waals surface area (Å²) >= 11 is 0. The summed E-state index contributed by atoms with van der Waals surface area (Å²) in [6.45, 7) is 2.12. The third-order valence-corrected chi connectivity index (χ3v) is 3.93. The van der Waals surface area contributed by atoms with Crippen LogP contribution in [0.4, 0.5) is 0 Å². The lowest BCUT2D eigenvalue weighted by atomic mass is 10.1. The van der Waals surface area contributed by atoms with E-state index in [4.69, 9.17) is 9.47 Å². The van der Waals surface area contributed by atoms with E-state index in [-0.39, 0.29) is 11.1 Å². The Hall–Kier alpha value is -3.02. The molecule has 6 heteroatoms. The van der Waals surface area contributed by atoms with Crippen LogP contribution in [-0.2, 0) is 6.54 Å². The zero-order chi connectivity index (χ0) is 17.3. The molecule has 0 aliphatic rings. The molecule has 3 rings (SSSR count). The number of aromatic nitrogens is 2. The van der Waals surface area contributed by atoms with Gasteiger partial charge >= 0.3 is 5.56 Å². The molecule has 24 heavy (non-hydrogen) atoms. The highest BCUT2D eigenvalue weighted by Gasteiger charge is 2.14. The summed E-state index contributed by atoms with van der Waals surface area (Å²) in [5.41, 5.74) is 1.44. The Labute approximate surface area is 139 Å². The number of fused-ring (bicyclic) bond motifs is 1. The van der Waals surface area contributed by atoms with Gasteiger partial charge in [0.05, 0.1) is 26.2 Å². The average Bonchev–Trinajstić information content (AvgIpc) is 2.57. The van der Waals surface area contributed by atoms with E-state index in [2.05, 4.69) is 0 Å². The minimum absolute atomic E-state index is 0.135. The Balaban J connectivity index is 2.08. The molecule has 0 amide bonds. The Morgan fingerprint density at radius 3 is 2.67 bits per heavy atom.